The van der Waals surface area contributed by atoms with E-state index >= 15 is 0 Å². The van der Waals surface area contributed by atoms with E-state index in [-0.39, 0.29) is 18.0 Å². The Hall–Kier alpha value is -3.09. The van der Waals surface area contributed by atoms with E-state index in [1.165, 1.54) is 12.1 Å². The first-order valence-corrected chi connectivity index (χ1v) is 6.03. The maximum atomic E-state index is 10.9. The summed E-state index contributed by atoms with van der Waals surface area (Å²) in [6, 6.07) is 10.8. The van der Waals surface area contributed by atoms with Gasteiger partial charge in [-0.05, 0) is 35.9 Å². The van der Waals surface area contributed by atoms with Gasteiger partial charge in [0.25, 0.3) is 5.69 Å². The van der Waals surface area contributed by atoms with Gasteiger partial charge in [0.05, 0.1) is 4.92 Å². The van der Waals surface area contributed by atoms with Crippen LogP contribution in [0, 0.1) is 10.1 Å². The number of carbonyl (C=O) groups excluding carboxylic acids is 1. The molecule has 7 heteroatoms. The lowest BCUT2D eigenvalue weighted by Crippen LogP contribution is -2.10. The largest absolute Gasteiger partial charge is 0.489 e. The topological polar surface area (TPSA) is 121 Å². The van der Waals surface area contributed by atoms with Crippen LogP contribution in [0.25, 0.3) is 0 Å². The van der Waals surface area contributed by atoms with Crippen LogP contribution in [0.1, 0.15) is 15.9 Å². The summed E-state index contributed by atoms with van der Waals surface area (Å²) in [5.74, 6) is 0.00943. The van der Waals surface area contributed by atoms with Crippen LogP contribution in [-0.4, -0.2) is 10.8 Å². The molecule has 4 N–H and O–H groups in total. The number of hydrogen-bond donors (Lipinski definition) is 2. The van der Waals surface area contributed by atoms with E-state index in [1.807, 2.05) is 0 Å². The fourth-order valence-corrected chi connectivity index (χ4v) is 1.72. The van der Waals surface area contributed by atoms with E-state index in [2.05, 4.69) is 0 Å². The molecule has 0 aliphatic rings. The zero-order valence-electron chi connectivity index (χ0n) is 11.0. The fraction of sp³-hybridized carbons (Fsp3) is 0.0714. The molecule has 0 aliphatic heterocycles. The number of nitrogen functional groups attached to an aromatic ring is 1. The number of rotatable bonds is 5. The van der Waals surface area contributed by atoms with Crippen molar-refractivity contribution in [2.45, 2.75) is 6.61 Å². The van der Waals surface area contributed by atoms with Crippen molar-refractivity contribution < 1.29 is 14.5 Å². The molecular weight excluding hydrogens is 274 g/mol. The smallest absolute Gasteiger partial charge is 0.292 e. The quantitative estimate of drug-likeness (QED) is 0.493. The number of nitrogens with two attached hydrogens (primary N) is 2. The Labute approximate surface area is 120 Å². The first kappa shape index (κ1) is 14.3. The van der Waals surface area contributed by atoms with Gasteiger partial charge in [-0.1, -0.05) is 6.07 Å². The van der Waals surface area contributed by atoms with E-state index in [4.69, 9.17) is 16.2 Å². The van der Waals surface area contributed by atoms with Gasteiger partial charge in [0.15, 0.2) is 0 Å². The highest BCUT2D eigenvalue weighted by Gasteiger charge is 2.12. The molecule has 2 rings (SSSR count). The Morgan fingerprint density at radius 3 is 2.43 bits per heavy atom. The molecular formula is C14H13N3O4. The first-order chi connectivity index (χ1) is 9.97. The van der Waals surface area contributed by atoms with Crippen LogP contribution in [0.5, 0.6) is 5.75 Å². The lowest BCUT2D eigenvalue weighted by atomic mass is 10.2. The molecule has 0 aromatic heterocycles. The van der Waals surface area contributed by atoms with Gasteiger partial charge in [0.2, 0.25) is 5.91 Å². The highest BCUT2D eigenvalue weighted by atomic mass is 16.6. The monoisotopic (exact) mass is 287 g/mol. The molecule has 0 fully saturated rings. The summed E-state index contributed by atoms with van der Waals surface area (Å²) in [7, 11) is 0. The van der Waals surface area contributed by atoms with E-state index < -0.39 is 10.8 Å². The van der Waals surface area contributed by atoms with Crippen molar-refractivity contribution in [3.8, 4) is 5.75 Å². The summed E-state index contributed by atoms with van der Waals surface area (Å²) in [6.07, 6.45) is 0. The number of primary amides is 1. The minimum Gasteiger partial charge on any atom is -0.489 e. The average Bonchev–Trinajstić information content (AvgIpc) is 2.46. The maximum absolute atomic E-state index is 10.9. The number of carbonyl (C=O) groups is 1. The van der Waals surface area contributed by atoms with E-state index in [9.17, 15) is 14.9 Å². The number of nitrogens with zero attached hydrogens (tertiary/aromatic N) is 1. The fourth-order valence-electron chi connectivity index (χ4n) is 1.72. The van der Waals surface area contributed by atoms with Crippen molar-refractivity contribution in [2.24, 2.45) is 5.73 Å². The summed E-state index contributed by atoms with van der Waals surface area (Å²) in [6.45, 7) is 0.150. The predicted molar refractivity (Wildman–Crippen MR) is 76.8 cm³/mol. The third-order valence-corrected chi connectivity index (χ3v) is 2.84. The summed E-state index contributed by atoms with van der Waals surface area (Å²) in [4.78, 5) is 21.2. The Balaban J connectivity index is 2.07. The molecule has 0 saturated carbocycles. The number of nitro groups is 1. The summed E-state index contributed by atoms with van der Waals surface area (Å²) < 4.78 is 5.49. The van der Waals surface area contributed by atoms with Crippen LogP contribution in [0.15, 0.2) is 42.5 Å². The van der Waals surface area contributed by atoms with Crippen molar-refractivity contribution >= 4 is 17.3 Å². The molecule has 0 spiro atoms. The molecule has 7 nitrogen and oxygen atoms in total. The molecule has 1 amide bonds. The third-order valence-electron chi connectivity index (χ3n) is 2.84. The number of anilines is 1. The van der Waals surface area contributed by atoms with Crippen molar-refractivity contribution in [2.75, 3.05) is 5.73 Å². The summed E-state index contributed by atoms with van der Waals surface area (Å²) in [5.41, 5.74) is 11.6. The minimum atomic E-state index is -0.541. The molecule has 0 radical (unpaired) electrons. The molecule has 0 saturated heterocycles. The number of hydrogen-bond acceptors (Lipinski definition) is 5. The van der Waals surface area contributed by atoms with Crippen molar-refractivity contribution in [1.82, 2.24) is 0 Å². The van der Waals surface area contributed by atoms with Crippen molar-refractivity contribution in [3.05, 3.63) is 63.7 Å². The normalized spacial score (nSPS) is 10.1. The van der Waals surface area contributed by atoms with Gasteiger partial charge in [-0.25, -0.2) is 0 Å². The highest BCUT2D eigenvalue weighted by molar-refractivity contribution is 5.92. The van der Waals surface area contributed by atoms with Crippen molar-refractivity contribution in [1.29, 1.82) is 0 Å². The third kappa shape index (κ3) is 3.47. The van der Waals surface area contributed by atoms with Crippen LogP contribution in [0.2, 0.25) is 0 Å². The molecule has 0 bridgehead atoms. The van der Waals surface area contributed by atoms with Crippen LogP contribution in [0.3, 0.4) is 0 Å². The van der Waals surface area contributed by atoms with Gasteiger partial charge < -0.3 is 16.2 Å². The second-order valence-corrected chi connectivity index (χ2v) is 4.33. The zero-order chi connectivity index (χ0) is 15.4. The molecule has 2 aromatic rings. The predicted octanol–water partition coefficient (Wildman–Crippen LogP) is 1.85. The first-order valence-electron chi connectivity index (χ1n) is 6.03. The number of ether oxygens (including phenoxy) is 1. The molecule has 0 atom stereocenters. The van der Waals surface area contributed by atoms with E-state index in [0.29, 0.717) is 16.9 Å². The second-order valence-electron chi connectivity index (χ2n) is 4.33. The van der Waals surface area contributed by atoms with Crippen LogP contribution in [-0.2, 0) is 6.61 Å². The highest BCUT2D eigenvalue weighted by Crippen LogP contribution is 2.23. The van der Waals surface area contributed by atoms with Gasteiger partial charge >= 0.3 is 0 Å². The van der Waals surface area contributed by atoms with Crippen LogP contribution >= 0.6 is 0 Å². The van der Waals surface area contributed by atoms with Gasteiger partial charge in [0.1, 0.15) is 18.0 Å². The van der Waals surface area contributed by atoms with Gasteiger partial charge in [-0.3, -0.25) is 14.9 Å². The summed E-state index contributed by atoms with van der Waals surface area (Å²) >= 11 is 0. The van der Waals surface area contributed by atoms with E-state index in [0.717, 1.165) is 0 Å². The number of nitro benzene ring substituents is 1. The summed E-state index contributed by atoms with van der Waals surface area (Å²) in [5, 5.41) is 10.8. The molecule has 0 heterocycles. The number of amides is 1. The lowest BCUT2D eigenvalue weighted by Gasteiger charge is -2.07. The Morgan fingerprint density at radius 2 is 1.86 bits per heavy atom. The Morgan fingerprint density at radius 1 is 1.19 bits per heavy atom. The zero-order valence-corrected chi connectivity index (χ0v) is 11.0. The second kappa shape index (κ2) is 5.91. The van der Waals surface area contributed by atoms with Gasteiger partial charge in [0, 0.05) is 11.6 Å². The Bertz CT molecular complexity index is 683. The minimum absolute atomic E-state index is 0.106. The lowest BCUT2D eigenvalue weighted by molar-refractivity contribution is -0.384. The molecule has 2 aromatic carbocycles. The molecule has 108 valence electrons. The maximum Gasteiger partial charge on any atom is 0.292 e. The molecule has 0 aliphatic carbocycles. The average molecular weight is 287 g/mol. The Kier molecular flexibility index (Phi) is 4.03. The number of benzene rings is 2. The standard InChI is InChI=1S/C14H13N3O4/c15-12-6-1-9(7-13(12)17(19)20)8-21-11-4-2-10(3-5-11)14(16)18/h1-7H,8,15H2,(H2,16,18). The van der Waals surface area contributed by atoms with Crippen molar-refractivity contribution in [3.63, 3.8) is 0 Å². The van der Waals surface area contributed by atoms with Crippen LogP contribution < -0.4 is 16.2 Å². The van der Waals surface area contributed by atoms with Gasteiger partial charge in [-0.2, -0.15) is 0 Å². The SMILES string of the molecule is NC(=O)c1ccc(OCc2ccc(N)c([N+](=O)[O-])c2)cc1. The molecule has 0 unspecified atom stereocenters. The molecule has 21 heavy (non-hydrogen) atoms. The van der Waals surface area contributed by atoms with Gasteiger partial charge in [-0.15, -0.1) is 0 Å². The van der Waals surface area contributed by atoms with Crippen LogP contribution in [0.4, 0.5) is 11.4 Å². The van der Waals surface area contributed by atoms with E-state index in [1.54, 1.807) is 30.3 Å².